The van der Waals surface area contributed by atoms with E-state index in [2.05, 4.69) is 67.9 Å². The van der Waals surface area contributed by atoms with Crippen LogP contribution in [0, 0.1) is 19.3 Å². The number of halogens is 1. The van der Waals surface area contributed by atoms with E-state index in [9.17, 15) is 4.79 Å². The third-order valence-electron chi connectivity index (χ3n) is 5.80. The molecule has 0 aromatic carbocycles. The molecule has 10 heteroatoms. The maximum absolute atomic E-state index is 10.2. The van der Waals surface area contributed by atoms with Gasteiger partial charge >= 0.3 is 0 Å². The van der Waals surface area contributed by atoms with Gasteiger partial charge < -0.3 is 14.1 Å². The summed E-state index contributed by atoms with van der Waals surface area (Å²) in [7, 11) is 0. The first kappa shape index (κ1) is 29.0. The van der Waals surface area contributed by atoms with Crippen molar-refractivity contribution >= 4 is 45.7 Å². The molecule has 2 radical (unpaired) electrons. The second kappa shape index (κ2) is 14.4. The molecule has 38 heavy (non-hydrogen) atoms. The van der Waals surface area contributed by atoms with Gasteiger partial charge in [0.25, 0.3) is 0 Å². The standard InChI is InChI=1S/C15H16N4.C11H9N3O.C2H6.BI/c1-11-6-16-19(7-11)10-14-9-18-8-13(12-2-3-12)4-5-15(18)17-14;1-2-9-3-4-14-7-13-10(6-12-8-15)11(14)5-9;2*1-2/h4-9,12H,2-3,10H2,1H3;1,3-5,7-8H,6H2,(H,12,15);1-2H3;. The van der Waals surface area contributed by atoms with Gasteiger partial charge in [-0.05, 0) is 55.0 Å². The maximum atomic E-state index is 10.2. The number of pyridine rings is 2. The molecule has 0 unspecified atom stereocenters. The van der Waals surface area contributed by atoms with Crippen LogP contribution in [0.25, 0.3) is 11.2 Å². The first-order valence-electron chi connectivity index (χ1n) is 12.4. The Bertz CT molecular complexity index is 1510. The highest BCUT2D eigenvalue weighted by Gasteiger charge is 2.23. The van der Waals surface area contributed by atoms with E-state index in [1.165, 1.54) is 24.0 Å². The summed E-state index contributed by atoms with van der Waals surface area (Å²) < 4.78 is 5.93. The lowest BCUT2D eigenvalue weighted by Crippen LogP contribution is -2.10. The van der Waals surface area contributed by atoms with Crippen molar-refractivity contribution in [2.75, 3.05) is 0 Å². The highest BCUT2D eigenvalue weighted by Crippen LogP contribution is 2.39. The Labute approximate surface area is 238 Å². The minimum absolute atomic E-state index is 0.411. The largest absolute Gasteiger partial charge is 0.353 e. The molecule has 1 saturated carbocycles. The summed E-state index contributed by atoms with van der Waals surface area (Å²) in [6.45, 7) is 7.19. The van der Waals surface area contributed by atoms with Crippen LogP contribution in [0.15, 0.2) is 61.6 Å². The first-order chi connectivity index (χ1) is 18.6. The van der Waals surface area contributed by atoms with E-state index in [4.69, 9.17) is 6.42 Å². The second-order valence-electron chi connectivity index (χ2n) is 8.49. The smallest absolute Gasteiger partial charge is 0.207 e. The van der Waals surface area contributed by atoms with Crippen LogP contribution in [-0.4, -0.2) is 40.7 Å². The van der Waals surface area contributed by atoms with Gasteiger partial charge in [0, 0.05) is 30.4 Å². The highest BCUT2D eigenvalue weighted by molar-refractivity contribution is 14.1. The summed E-state index contributed by atoms with van der Waals surface area (Å²) in [4.78, 5) is 19.0. The predicted octanol–water partition coefficient (Wildman–Crippen LogP) is 4.86. The summed E-state index contributed by atoms with van der Waals surface area (Å²) in [5.74, 6) is 3.34. The van der Waals surface area contributed by atoms with Crippen molar-refractivity contribution in [3.8, 4) is 12.3 Å². The number of fused-ring (bicyclic) bond motifs is 2. The average Bonchev–Trinajstić information content (AvgIpc) is 3.43. The number of carbonyl (C=O) groups excluding carboxylic acids is 1. The van der Waals surface area contributed by atoms with Gasteiger partial charge in [0.1, 0.15) is 5.65 Å². The fraction of sp³-hybridized carbons (Fsp3) is 0.286. The molecule has 5 heterocycles. The predicted molar refractivity (Wildman–Crippen MR) is 160 cm³/mol. The molecule has 5 aromatic heterocycles. The van der Waals surface area contributed by atoms with Gasteiger partial charge in [-0.15, -0.1) is 6.42 Å². The molecule has 1 fully saturated rings. The highest BCUT2D eigenvalue weighted by atomic mass is 127. The quantitative estimate of drug-likeness (QED) is 0.128. The van der Waals surface area contributed by atoms with Crippen molar-refractivity contribution in [3.05, 3.63) is 89.7 Å². The van der Waals surface area contributed by atoms with Crippen LogP contribution in [0.5, 0.6) is 0 Å². The van der Waals surface area contributed by atoms with E-state index in [0.29, 0.717) is 13.0 Å². The Morgan fingerprint density at radius 3 is 2.63 bits per heavy atom. The number of amides is 1. The number of nitrogens with one attached hydrogen (secondary N) is 1. The second-order valence-corrected chi connectivity index (χ2v) is 8.49. The van der Waals surface area contributed by atoms with Gasteiger partial charge in [0.15, 0.2) is 5.70 Å². The molecule has 1 aliphatic rings. The maximum Gasteiger partial charge on any atom is 0.207 e. The summed E-state index contributed by atoms with van der Waals surface area (Å²) in [6.07, 6.45) is 20.4. The van der Waals surface area contributed by atoms with E-state index >= 15 is 0 Å². The van der Waals surface area contributed by atoms with Crippen LogP contribution in [-0.2, 0) is 17.9 Å². The number of nitrogens with zero attached hydrogens (tertiary/aromatic N) is 6. The molecule has 0 bridgehead atoms. The topological polar surface area (TPSA) is 81.5 Å². The Morgan fingerprint density at radius 2 is 1.97 bits per heavy atom. The number of rotatable bonds is 6. The molecule has 5 aromatic rings. The lowest BCUT2D eigenvalue weighted by atomic mass is 10.2. The molecule has 0 spiro atoms. The minimum Gasteiger partial charge on any atom is -0.353 e. The zero-order chi connectivity index (χ0) is 27.5. The lowest BCUT2D eigenvalue weighted by Gasteiger charge is -1.98. The summed E-state index contributed by atoms with van der Waals surface area (Å²) in [5.41, 5.74) is 11.7. The van der Waals surface area contributed by atoms with E-state index in [0.717, 1.165) is 40.6 Å². The number of terminal acetylenes is 1. The van der Waals surface area contributed by atoms with Crippen molar-refractivity contribution in [2.45, 2.75) is 52.6 Å². The van der Waals surface area contributed by atoms with Crippen molar-refractivity contribution in [1.82, 2.24) is 33.9 Å². The number of carbonyl (C=O) groups is 1. The van der Waals surface area contributed by atoms with Crippen LogP contribution in [0.4, 0.5) is 0 Å². The molecule has 0 atom stereocenters. The van der Waals surface area contributed by atoms with Crippen LogP contribution < -0.4 is 5.32 Å². The Morgan fingerprint density at radius 1 is 1.18 bits per heavy atom. The molecule has 1 aliphatic carbocycles. The first-order valence-corrected chi connectivity index (χ1v) is 13.6. The van der Waals surface area contributed by atoms with Gasteiger partial charge in [0.2, 0.25) is 6.41 Å². The van der Waals surface area contributed by atoms with Crippen molar-refractivity contribution < 1.29 is 4.79 Å². The van der Waals surface area contributed by atoms with E-state index in [1.807, 2.05) is 53.7 Å². The third-order valence-corrected chi connectivity index (χ3v) is 5.80. The average molecular weight is 619 g/mol. The van der Waals surface area contributed by atoms with Crippen LogP contribution in [0.2, 0.25) is 0 Å². The van der Waals surface area contributed by atoms with Gasteiger partial charge in [-0.25, -0.2) is 9.97 Å². The molecular weight excluding hydrogens is 588 g/mol. The number of hydrogen-bond donors (Lipinski definition) is 1. The summed E-state index contributed by atoms with van der Waals surface area (Å²) >= 11 is 1.65. The Kier molecular flexibility index (Phi) is 11.0. The summed E-state index contributed by atoms with van der Waals surface area (Å²) in [6, 6.07) is 8.04. The molecule has 1 amide bonds. The number of hydrogen-bond acceptors (Lipinski definition) is 4. The van der Waals surface area contributed by atoms with Crippen LogP contribution in [0.3, 0.4) is 0 Å². The normalized spacial score (nSPS) is 11.8. The van der Waals surface area contributed by atoms with E-state index in [1.54, 1.807) is 28.7 Å². The molecule has 0 saturated heterocycles. The zero-order valence-corrected chi connectivity index (χ0v) is 24.0. The SMILES string of the molecule is C#Cc1ccn2cnc(CNC=O)c2c1.CC.Cc1cnn(Cc2cn3cc(C4CC4)ccc3n2)c1.[B]I. The fourth-order valence-electron chi connectivity index (χ4n) is 3.92. The number of aromatic nitrogens is 6. The van der Waals surface area contributed by atoms with Gasteiger partial charge in [-0.3, -0.25) is 9.48 Å². The number of aryl methyl sites for hydroxylation is 1. The van der Waals surface area contributed by atoms with Crippen molar-refractivity contribution in [2.24, 2.45) is 0 Å². The monoisotopic (exact) mass is 619 g/mol. The third kappa shape index (κ3) is 7.48. The van der Waals surface area contributed by atoms with Gasteiger partial charge in [-0.1, -0.05) is 25.8 Å². The molecule has 6 rings (SSSR count). The Balaban J connectivity index is 0.000000191. The number of imidazole rings is 2. The van der Waals surface area contributed by atoms with E-state index in [-0.39, 0.29) is 0 Å². The summed E-state index contributed by atoms with van der Waals surface area (Å²) in [5, 5.41) is 6.88. The van der Waals surface area contributed by atoms with Crippen molar-refractivity contribution in [3.63, 3.8) is 0 Å². The van der Waals surface area contributed by atoms with Gasteiger partial charge in [0.05, 0.1) is 42.5 Å². The van der Waals surface area contributed by atoms with Gasteiger partial charge in [-0.2, -0.15) is 27.5 Å². The molecule has 0 aliphatic heterocycles. The van der Waals surface area contributed by atoms with Crippen molar-refractivity contribution in [1.29, 1.82) is 0 Å². The minimum atomic E-state index is 0.411. The van der Waals surface area contributed by atoms with Crippen LogP contribution >= 0.6 is 22.4 Å². The van der Waals surface area contributed by atoms with E-state index < -0.39 is 0 Å². The zero-order valence-electron chi connectivity index (χ0n) is 21.9. The Hall–Kier alpha value is -3.59. The lowest BCUT2D eigenvalue weighted by molar-refractivity contribution is -0.109. The molecule has 194 valence electrons. The fourth-order valence-corrected chi connectivity index (χ4v) is 3.92. The molecule has 1 N–H and O–H groups in total. The van der Waals surface area contributed by atoms with Crippen LogP contribution in [0.1, 0.15) is 60.7 Å². The molecule has 8 nitrogen and oxygen atoms in total. The molecular formula is C28H31BIN7O.